The summed E-state index contributed by atoms with van der Waals surface area (Å²) in [7, 11) is 0. The largest absolute Gasteiger partial charge is 0.393 e. The fourth-order valence-electron chi connectivity index (χ4n) is 7.86. The molecule has 8 atom stereocenters. The lowest BCUT2D eigenvalue weighted by Gasteiger charge is -2.60. The molecule has 0 bridgehead atoms. The van der Waals surface area contributed by atoms with Crippen LogP contribution in [0.2, 0.25) is 0 Å². The first-order valence-corrected chi connectivity index (χ1v) is 11.3. The average Bonchev–Trinajstić information content (AvgIpc) is 2.92. The summed E-state index contributed by atoms with van der Waals surface area (Å²) in [4.78, 5) is 12.5. The maximum Gasteiger partial charge on any atom is 0.147 e. The molecule has 1 N–H and O–H groups in total. The van der Waals surface area contributed by atoms with Crippen LogP contribution in [0.4, 0.5) is 0 Å². The van der Waals surface area contributed by atoms with Crippen molar-refractivity contribution in [3.63, 3.8) is 0 Å². The van der Waals surface area contributed by atoms with Gasteiger partial charge in [0.05, 0.1) is 11.4 Å². The molecule has 4 aliphatic rings. The van der Waals surface area contributed by atoms with E-state index in [0.717, 1.165) is 42.9 Å². The Balaban J connectivity index is 1.60. The lowest BCUT2D eigenvalue weighted by molar-refractivity contribution is -0.138. The molecule has 0 aromatic carbocycles. The minimum absolute atomic E-state index is 0.0547. The first-order chi connectivity index (χ1) is 11.4. The SMILES string of the molecule is C[C@]12CC[C@H](O)C[C@H]1CC[C@@H]1[C@@H]2CC[C@]2(C)[C@@H](C(=O)CBr)CC[C@@H]12. The van der Waals surface area contributed by atoms with Crippen LogP contribution in [0.25, 0.3) is 0 Å². The number of hydrogen-bond donors (Lipinski definition) is 1. The second-order valence-corrected chi connectivity index (χ2v) is 10.4. The number of ketones is 1. The number of aliphatic hydroxyl groups excluding tert-OH is 1. The molecule has 0 amide bonds. The maximum absolute atomic E-state index is 12.5. The molecule has 4 rings (SSSR count). The van der Waals surface area contributed by atoms with E-state index in [0.29, 0.717) is 22.4 Å². The third-order valence-corrected chi connectivity index (χ3v) is 9.71. The van der Waals surface area contributed by atoms with E-state index >= 15 is 0 Å². The van der Waals surface area contributed by atoms with Crippen LogP contribution in [0, 0.1) is 40.4 Å². The van der Waals surface area contributed by atoms with Crippen LogP contribution in [-0.2, 0) is 4.79 Å². The third-order valence-electron chi connectivity index (χ3n) is 9.16. The van der Waals surface area contributed by atoms with Crippen LogP contribution in [0.1, 0.15) is 71.6 Å². The fraction of sp³-hybridized carbons (Fsp3) is 0.952. The van der Waals surface area contributed by atoms with E-state index in [4.69, 9.17) is 0 Å². The van der Waals surface area contributed by atoms with Crippen LogP contribution in [0.5, 0.6) is 0 Å². The highest BCUT2D eigenvalue weighted by atomic mass is 79.9. The number of aliphatic hydroxyl groups is 1. The maximum atomic E-state index is 12.5. The number of fused-ring (bicyclic) bond motifs is 5. The summed E-state index contributed by atoms with van der Waals surface area (Å²) in [5.41, 5.74) is 0.699. The Morgan fingerprint density at radius 1 is 1.00 bits per heavy atom. The Kier molecular flexibility index (Phi) is 4.44. The first kappa shape index (κ1) is 17.5. The normalized spacial score (nSPS) is 53.8. The number of carbonyl (C=O) groups is 1. The first-order valence-electron chi connectivity index (χ1n) is 10.2. The van der Waals surface area contributed by atoms with Gasteiger partial charge in [-0.1, -0.05) is 29.8 Å². The van der Waals surface area contributed by atoms with Gasteiger partial charge >= 0.3 is 0 Å². The van der Waals surface area contributed by atoms with E-state index in [1.807, 2.05) is 0 Å². The average molecular weight is 397 g/mol. The number of halogens is 1. The van der Waals surface area contributed by atoms with Crippen molar-refractivity contribution in [3.8, 4) is 0 Å². The summed E-state index contributed by atoms with van der Waals surface area (Å²) in [6.45, 7) is 4.98. The third kappa shape index (κ3) is 2.40. The van der Waals surface area contributed by atoms with E-state index < -0.39 is 0 Å². The monoisotopic (exact) mass is 396 g/mol. The predicted octanol–water partition coefficient (Wildman–Crippen LogP) is 4.97. The number of carbonyl (C=O) groups excluding carboxylic acids is 1. The zero-order chi connectivity index (χ0) is 17.1. The minimum atomic E-state index is -0.0547. The van der Waals surface area contributed by atoms with E-state index in [1.165, 1.54) is 38.5 Å². The Morgan fingerprint density at radius 2 is 1.71 bits per heavy atom. The molecular formula is C21H33BrO2. The van der Waals surface area contributed by atoms with Gasteiger partial charge in [0, 0.05) is 5.92 Å². The van der Waals surface area contributed by atoms with Crippen molar-refractivity contribution in [3.05, 3.63) is 0 Å². The molecular weight excluding hydrogens is 364 g/mol. The molecule has 0 unspecified atom stereocenters. The molecule has 4 fully saturated rings. The topological polar surface area (TPSA) is 37.3 Å². The Morgan fingerprint density at radius 3 is 2.46 bits per heavy atom. The van der Waals surface area contributed by atoms with Gasteiger partial charge < -0.3 is 5.11 Å². The molecule has 2 nitrogen and oxygen atoms in total. The zero-order valence-corrected chi connectivity index (χ0v) is 16.9. The minimum Gasteiger partial charge on any atom is -0.393 e. The summed E-state index contributed by atoms with van der Waals surface area (Å²) in [6.07, 6.45) is 10.8. The highest BCUT2D eigenvalue weighted by Crippen LogP contribution is 2.67. The summed E-state index contributed by atoms with van der Waals surface area (Å²) in [5.74, 6) is 3.88. The predicted molar refractivity (Wildman–Crippen MR) is 100 cm³/mol. The lowest BCUT2D eigenvalue weighted by Crippen LogP contribution is -2.54. The van der Waals surface area contributed by atoms with E-state index in [1.54, 1.807) is 0 Å². The van der Waals surface area contributed by atoms with Gasteiger partial charge in [-0.3, -0.25) is 4.79 Å². The fourth-order valence-corrected chi connectivity index (χ4v) is 8.25. The number of Topliss-reactive ketones (excluding diaryl/α,β-unsaturated/α-hetero) is 1. The molecule has 4 saturated carbocycles. The Labute approximate surface area is 155 Å². The van der Waals surface area contributed by atoms with E-state index in [2.05, 4.69) is 29.8 Å². The van der Waals surface area contributed by atoms with E-state index in [9.17, 15) is 9.90 Å². The molecule has 0 aliphatic heterocycles. The molecule has 24 heavy (non-hydrogen) atoms. The molecule has 0 heterocycles. The van der Waals surface area contributed by atoms with E-state index in [-0.39, 0.29) is 11.5 Å². The molecule has 0 radical (unpaired) electrons. The molecule has 0 aromatic heterocycles. The van der Waals surface area contributed by atoms with Crippen molar-refractivity contribution in [2.24, 2.45) is 40.4 Å². The number of rotatable bonds is 2. The van der Waals surface area contributed by atoms with Gasteiger partial charge in [0.15, 0.2) is 0 Å². The van der Waals surface area contributed by atoms with Gasteiger partial charge in [-0.2, -0.15) is 0 Å². The molecule has 4 aliphatic carbocycles. The van der Waals surface area contributed by atoms with Crippen molar-refractivity contribution in [2.45, 2.75) is 77.7 Å². The van der Waals surface area contributed by atoms with Gasteiger partial charge in [-0.25, -0.2) is 0 Å². The number of hydrogen-bond acceptors (Lipinski definition) is 2. The van der Waals surface area contributed by atoms with Gasteiger partial charge in [0.25, 0.3) is 0 Å². The summed E-state index contributed by atoms with van der Waals surface area (Å²) in [5, 5.41) is 10.7. The highest BCUT2D eigenvalue weighted by Gasteiger charge is 2.60. The summed E-state index contributed by atoms with van der Waals surface area (Å²) < 4.78 is 0. The second-order valence-electron chi connectivity index (χ2n) is 9.86. The van der Waals surface area contributed by atoms with Gasteiger partial charge in [-0.15, -0.1) is 0 Å². The van der Waals surface area contributed by atoms with Gasteiger partial charge in [0.2, 0.25) is 0 Å². The standard InChI is InChI=1S/C21H33BrO2/c1-20-9-7-14(23)11-13(20)3-4-15-16-5-6-18(19(24)12-22)21(16,2)10-8-17(15)20/h13-18,23H,3-12H2,1-2H3/t13-,14+,15+,16+,17+,18-,20+,21+/m1/s1. The quantitative estimate of drug-likeness (QED) is 0.668. The van der Waals surface area contributed by atoms with Crippen LogP contribution in [0.3, 0.4) is 0 Å². The molecule has 0 aromatic rings. The second kappa shape index (κ2) is 6.08. The highest BCUT2D eigenvalue weighted by molar-refractivity contribution is 9.09. The zero-order valence-electron chi connectivity index (χ0n) is 15.3. The molecule has 0 saturated heterocycles. The van der Waals surface area contributed by atoms with Gasteiger partial charge in [-0.05, 0) is 92.3 Å². The lowest BCUT2D eigenvalue weighted by atomic mass is 9.44. The van der Waals surface area contributed by atoms with Crippen LogP contribution >= 0.6 is 15.9 Å². The van der Waals surface area contributed by atoms with Crippen molar-refractivity contribution in [2.75, 3.05) is 5.33 Å². The molecule has 3 heteroatoms. The molecule has 136 valence electrons. The van der Waals surface area contributed by atoms with Crippen molar-refractivity contribution >= 4 is 21.7 Å². The Hall–Kier alpha value is 0.110. The van der Waals surface area contributed by atoms with Crippen molar-refractivity contribution in [1.29, 1.82) is 0 Å². The van der Waals surface area contributed by atoms with Crippen LogP contribution in [0.15, 0.2) is 0 Å². The van der Waals surface area contributed by atoms with Gasteiger partial charge in [0.1, 0.15) is 5.78 Å². The summed E-state index contributed by atoms with van der Waals surface area (Å²) in [6, 6.07) is 0. The van der Waals surface area contributed by atoms with Crippen molar-refractivity contribution in [1.82, 2.24) is 0 Å². The Bertz CT molecular complexity index is 520. The van der Waals surface area contributed by atoms with Crippen LogP contribution < -0.4 is 0 Å². The smallest absolute Gasteiger partial charge is 0.147 e. The summed E-state index contributed by atoms with van der Waals surface area (Å²) >= 11 is 3.42. The molecule has 0 spiro atoms. The van der Waals surface area contributed by atoms with Crippen LogP contribution in [-0.4, -0.2) is 22.3 Å². The number of alkyl halides is 1. The van der Waals surface area contributed by atoms with Crippen molar-refractivity contribution < 1.29 is 9.90 Å².